The molecule has 0 saturated heterocycles. The zero-order valence-electron chi connectivity index (χ0n) is 16.4. The summed E-state index contributed by atoms with van der Waals surface area (Å²) in [6, 6.07) is 14.1. The van der Waals surface area contributed by atoms with Crippen LogP contribution in [0.4, 0.5) is 5.69 Å². The van der Waals surface area contributed by atoms with Gasteiger partial charge < -0.3 is 10.7 Å². The van der Waals surface area contributed by atoms with E-state index in [0.29, 0.717) is 5.16 Å². The van der Waals surface area contributed by atoms with Crippen molar-refractivity contribution < 1.29 is 4.79 Å². The van der Waals surface area contributed by atoms with Crippen LogP contribution in [-0.4, -0.2) is 26.0 Å². The lowest BCUT2D eigenvalue weighted by Gasteiger charge is -2.33. The van der Waals surface area contributed by atoms with Crippen molar-refractivity contribution in [3.05, 3.63) is 70.5 Å². The van der Waals surface area contributed by atoms with Crippen molar-refractivity contribution in [3.63, 3.8) is 0 Å². The Bertz CT molecular complexity index is 1030. The van der Waals surface area contributed by atoms with E-state index < -0.39 is 0 Å². The summed E-state index contributed by atoms with van der Waals surface area (Å²) in [6.07, 6.45) is 0. The fraction of sp³-hybridized carbons (Fsp3) is 0.286. The highest BCUT2D eigenvalue weighted by Crippen LogP contribution is 2.37. The summed E-state index contributed by atoms with van der Waals surface area (Å²) in [5, 5.41) is 11.8. The first-order chi connectivity index (χ1) is 13.4. The molecule has 28 heavy (non-hydrogen) atoms. The SMILES string of the molecule is Cc1ccc([C@@H]2Nn3c(C)nnc3S[C@H]2C(=O)Nc2cc(C)ccc2C)cc1. The van der Waals surface area contributed by atoms with Crippen LogP contribution < -0.4 is 10.7 Å². The molecule has 6 nitrogen and oxygen atoms in total. The summed E-state index contributed by atoms with van der Waals surface area (Å²) in [5.74, 6) is 0.719. The summed E-state index contributed by atoms with van der Waals surface area (Å²) >= 11 is 1.44. The van der Waals surface area contributed by atoms with Crippen molar-refractivity contribution in [2.24, 2.45) is 0 Å². The largest absolute Gasteiger partial charge is 0.325 e. The third-order valence-corrected chi connectivity index (χ3v) is 6.16. The second-order valence-corrected chi connectivity index (χ2v) is 8.34. The number of thioether (sulfide) groups is 1. The first-order valence-electron chi connectivity index (χ1n) is 9.22. The van der Waals surface area contributed by atoms with Gasteiger partial charge in [-0.2, -0.15) is 0 Å². The molecule has 0 spiro atoms. The Labute approximate surface area is 168 Å². The maximum Gasteiger partial charge on any atom is 0.240 e. The fourth-order valence-corrected chi connectivity index (χ4v) is 4.38. The van der Waals surface area contributed by atoms with E-state index in [0.717, 1.165) is 28.2 Å². The van der Waals surface area contributed by atoms with E-state index in [1.807, 2.05) is 43.6 Å². The van der Waals surface area contributed by atoms with Gasteiger partial charge >= 0.3 is 0 Å². The highest BCUT2D eigenvalue weighted by Gasteiger charge is 2.37. The number of benzene rings is 2. The molecule has 3 aromatic rings. The van der Waals surface area contributed by atoms with Gasteiger partial charge in [0.2, 0.25) is 11.1 Å². The molecule has 2 N–H and O–H groups in total. The molecule has 4 rings (SSSR count). The maximum absolute atomic E-state index is 13.3. The van der Waals surface area contributed by atoms with E-state index in [4.69, 9.17) is 0 Å². The molecule has 144 valence electrons. The molecule has 7 heteroatoms. The highest BCUT2D eigenvalue weighted by molar-refractivity contribution is 8.00. The zero-order chi connectivity index (χ0) is 19.8. The molecule has 0 radical (unpaired) electrons. The number of rotatable bonds is 3. The summed E-state index contributed by atoms with van der Waals surface area (Å²) in [4.78, 5) is 13.3. The van der Waals surface area contributed by atoms with Gasteiger partial charge in [-0.15, -0.1) is 10.2 Å². The normalized spacial score (nSPS) is 18.3. The Kier molecular flexibility index (Phi) is 4.85. The Morgan fingerprint density at radius 1 is 1.04 bits per heavy atom. The minimum Gasteiger partial charge on any atom is -0.325 e. The lowest BCUT2D eigenvalue weighted by molar-refractivity contribution is -0.116. The second-order valence-electron chi connectivity index (χ2n) is 7.23. The molecular weight excluding hydrogens is 370 g/mol. The van der Waals surface area contributed by atoms with E-state index in [1.54, 1.807) is 0 Å². The number of hydrogen-bond acceptors (Lipinski definition) is 5. The number of nitrogens with zero attached hydrogens (tertiary/aromatic N) is 3. The number of hydrogen-bond donors (Lipinski definition) is 2. The van der Waals surface area contributed by atoms with E-state index in [9.17, 15) is 4.79 Å². The number of fused-ring (bicyclic) bond motifs is 1. The molecule has 0 bridgehead atoms. The average molecular weight is 394 g/mol. The number of aromatic nitrogens is 3. The topological polar surface area (TPSA) is 71.8 Å². The van der Waals surface area contributed by atoms with E-state index in [1.165, 1.54) is 17.3 Å². The third-order valence-electron chi connectivity index (χ3n) is 4.94. The molecule has 1 aliphatic rings. The molecule has 2 atom stereocenters. The summed E-state index contributed by atoms with van der Waals surface area (Å²) in [5.41, 5.74) is 8.67. The Morgan fingerprint density at radius 2 is 1.75 bits per heavy atom. The zero-order valence-corrected chi connectivity index (χ0v) is 17.2. The van der Waals surface area contributed by atoms with Gasteiger partial charge in [-0.05, 0) is 50.5 Å². The number of anilines is 1. The first kappa shape index (κ1) is 18.6. The van der Waals surface area contributed by atoms with Crippen LogP contribution in [0.2, 0.25) is 0 Å². The van der Waals surface area contributed by atoms with Crippen LogP contribution in [0.1, 0.15) is 34.1 Å². The van der Waals surface area contributed by atoms with Gasteiger partial charge in [-0.3, -0.25) is 4.79 Å². The van der Waals surface area contributed by atoms with Crippen molar-refractivity contribution in [1.29, 1.82) is 0 Å². The van der Waals surface area contributed by atoms with Gasteiger partial charge in [-0.25, -0.2) is 4.68 Å². The maximum atomic E-state index is 13.3. The predicted molar refractivity (Wildman–Crippen MR) is 112 cm³/mol. The Morgan fingerprint density at radius 3 is 2.50 bits per heavy atom. The fourth-order valence-electron chi connectivity index (χ4n) is 3.26. The Balaban J connectivity index is 1.68. The van der Waals surface area contributed by atoms with Crippen LogP contribution in [0, 0.1) is 27.7 Å². The quantitative estimate of drug-likeness (QED) is 0.706. The van der Waals surface area contributed by atoms with Gasteiger partial charge in [0, 0.05) is 5.69 Å². The molecular formula is C21H23N5OS. The summed E-state index contributed by atoms with van der Waals surface area (Å²) in [6.45, 7) is 7.97. The monoisotopic (exact) mass is 393 g/mol. The average Bonchev–Trinajstić information content (AvgIpc) is 3.04. The number of amides is 1. The predicted octanol–water partition coefficient (Wildman–Crippen LogP) is 3.91. The molecule has 0 saturated carbocycles. The van der Waals surface area contributed by atoms with Crippen LogP contribution in [0.25, 0.3) is 0 Å². The molecule has 1 aliphatic heterocycles. The molecule has 0 unspecified atom stereocenters. The molecule has 2 aromatic carbocycles. The van der Waals surface area contributed by atoms with Crippen molar-refractivity contribution >= 4 is 23.4 Å². The van der Waals surface area contributed by atoms with E-state index in [-0.39, 0.29) is 17.2 Å². The highest BCUT2D eigenvalue weighted by atomic mass is 32.2. The van der Waals surface area contributed by atoms with E-state index >= 15 is 0 Å². The summed E-state index contributed by atoms with van der Waals surface area (Å²) < 4.78 is 1.86. The standard InChI is InChI=1S/C21H23N5OS/c1-12-6-9-16(10-7-12)18-19(28-21-24-23-15(4)26(21)25-18)20(27)22-17-11-13(2)5-8-14(17)3/h5-11,18-19,25H,1-4H3,(H,22,27)/t18-,19+/m0/s1. The van der Waals surface area contributed by atoms with Gasteiger partial charge in [0.25, 0.3) is 0 Å². The summed E-state index contributed by atoms with van der Waals surface area (Å²) in [7, 11) is 0. The first-order valence-corrected chi connectivity index (χ1v) is 10.1. The lowest BCUT2D eigenvalue weighted by atomic mass is 10.0. The van der Waals surface area contributed by atoms with Crippen molar-refractivity contribution in [2.75, 3.05) is 10.7 Å². The van der Waals surface area contributed by atoms with Crippen molar-refractivity contribution in [3.8, 4) is 0 Å². The van der Waals surface area contributed by atoms with Crippen molar-refractivity contribution in [1.82, 2.24) is 14.9 Å². The molecule has 1 aromatic heterocycles. The molecule has 1 amide bonds. The van der Waals surface area contributed by atoms with Gasteiger partial charge in [-0.1, -0.05) is 53.7 Å². The van der Waals surface area contributed by atoms with Gasteiger partial charge in [0.05, 0.1) is 6.04 Å². The van der Waals surface area contributed by atoms with Crippen LogP contribution in [0.15, 0.2) is 47.6 Å². The minimum atomic E-state index is -0.376. The van der Waals surface area contributed by atoms with Gasteiger partial charge in [0.1, 0.15) is 11.1 Å². The van der Waals surface area contributed by atoms with Gasteiger partial charge in [0.15, 0.2) is 0 Å². The number of nitrogens with one attached hydrogen (secondary N) is 2. The second kappa shape index (κ2) is 7.31. The van der Waals surface area contributed by atoms with Crippen LogP contribution in [0.5, 0.6) is 0 Å². The molecule has 2 heterocycles. The molecule has 0 aliphatic carbocycles. The molecule has 0 fully saturated rings. The van der Waals surface area contributed by atoms with Crippen molar-refractivity contribution in [2.45, 2.75) is 44.1 Å². The van der Waals surface area contributed by atoms with E-state index in [2.05, 4.69) is 52.1 Å². The van der Waals surface area contributed by atoms with Crippen LogP contribution in [0.3, 0.4) is 0 Å². The Hall–Kier alpha value is -2.80. The number of carbonyl (C=O) groups is 1. The number of aryl methyl sites for hydroxylation is 4. The number of carbonyl (C=O) groups excluding carboxylic acids is 1. The van der Waals surface area contributed by atoms with Crippen LogP contribution in [-0.2, 0) is 4.79 Å². The minimum absolute atomic E-state index is 0.0521. The lowest BCUT2D eigenvalue weighted by Crippen LogP contribution is -2.41. The third kappa shape index (κ3) is 3.49. The smallest absolute Gasteiger partial charge is 0.240 e. The van der Waals surface area contributed by atoms with Crippen LogP contribution >= 0.6 is 11.8 Å².